The van der Waals surface area contributed by atoms with Gasteiger partial charge in [0.05, 0.1) is 0 Å². The Morgan fingerprint density at radius 3 is 1.73 bits per heavy atom. The van der Waals surface area contributed by atoms with Gasteiger partial charge in [-0.3, -0.25) is 4.90 Å². The SMILES string of the molecule is CN(C)C1(C(F)(F)F)CNC1. The van der Waals surface area contributed by atoms with Crippen molar-refractivity contribution >= 4 is 0 Å². The van der Waals surface area contributed by atoms with E-state index in [-0.39, 0.29) is 13.1 Å². The third-order valence-electron chi connectivity index (χ3n) is 2.22. The van der Waals surface area contributed by atoms with Gasteiger partial charge >= 0.3 is 6.18 Å². The van der Waals surface area contributed by atoms with E-state index in [1.807, 2.05) is 0 Å². The molecule has 0 aromatic carbocycles. The first-order valence-corrected chi connectivity index (χ1v) is 3.35. The van der Waals surface area contributed by atoms with Gasteiger partial charge in [-0.2, -0.15) is 13.2 Å². The fraction of sp³-hybridized carbons (Fsp3) is 1.00. The van der Waals surface area contributed by atoms with Gasteiger partial charge < -0.3 is 5.32 Å². The molecule has 11 heavy (non-hydrogen) atoms. The van der Waals surface area contributed by atoms with Crippen LogP contribution in [0.4, 0.5) is 13.2 Å². The number of hydrogen-bond acceptors (Lipinski definition) is 2. The maximum absolute atomic E-state index is 12.3. The lowest BCUT2D eigenvalue weighted by Crippen LogP contribution is -2.74. The number of nitrogens with zero attached hydrogens (tertiary/aromatic N) is 1. The van der Waals surface area contributed by atoms with Gasteiger partial charge in [-0.05, 0) is 14.1 Å². The second kappa shape index (κ2) is 2.35. The summed E-state index contributed by atoms with van der Waals surface area (Å²) in [6, 6.07) is 0. The van der Waals surface area contributed by atoms with Crippen LogP contribution in [0, 0.1) is 0 Å². The van der Waals surface area contributed by atoms with Gasteiger partial charge in [-0.25, -0.2) is 0 Å². The van der Waals surface area contributed by atoms with E-state index in [1.165, 1.54) is 19.0 Å². The van der Waals surface area contributed by atoms with Gasteiger partial charge in [0.15, 0.2) is 0 Å². The van der Waals surface area contributed by atoms with E-state index in [2.05, 4.69) is 5.32 Å². The lowest BCUT2D eigenvalue weighted by Gasteiger charge is -2.48. The maximum Gasteiger partial charge on any atom is 0.409 e. The second-order valence-electron chi connectivity index (χ2n) is 3.03. The molecule has 1 aliphatic heterocycles. The molecule has 5 heteroatoms. The average molecular weight is 168 g/mol. The Morgan fingerprint density at radius 1 is 1.27 bits per heavy atom. The van der Waals surface area contributed by atoms with Gasteiger partial charge in [0, 0.05) is 13.1 Å². The summed E-state index contributed by atoms with van der Waals surface area (Å²) in [5, 5.41) is 2.63. The van der Waals surface area contributed by atoms with E-state index in [1.54, 1.807) is 0 Å². The van der Waals surface area contributed by atoms with Crippen molar-refractivity contribution in [3.8, 4) is 0 Å². The Labute approximate surface area is 63.4 Å². The van der Waals surface area contributed by atoms with Crippen LogP contribution in [0.2, 0.25) is 0 Å². The highest BCUT2D eigenvalue weighted by atomic mass is 19.4. The van der Waals surface area contributed by atoms with E-state index < -0.39 is 11.7 Å². The zero-order valence-electron chi connectivity index (χ0n) is 6.50. The molecule has 0 spiro atoms. The van der Waals surface area contributed by atoms with Crippen LogP contribution in [0.25, 0.3) is 0 Å². The summed E-state index contributed by atoms with van der Waals surface area (Å²) in [6.07, 6.45) is -4.12. The lowest BCUT2D eigenvalue weighted by molar-refractivity contribution is -0.239. The van der Waals surface area contributed by atoms with Gasteiger partial charge in [-0.1, -0.05) is 0 Å². The minimum atomic E-state index is -4.12. The molecule has 0 saturated carbocycles. The molecule has 0 unspecified atom stereocenters. The van der Waals surface area contributed by atoms with Gasteiger partial charge in [0.1, 0.15) is 5.54 Å². The molecule has 0 aliphatic carbocycles. The fourth-order valence-corrected chi connectivity index (χ4v) is 1.13. The minimum Gasteiger partial charge on any atom is -0.312 e. The van der Waals surface area contributed by atoms with Crippen LogP contribution in [0.1, 0.15) is 0 Å². The standard InChI is InChI=1S/C6H11F3N2/c1-11(2)5(3-10-4-5)6(7,8)9/h10H,3-4H2,1-2H3. The predicted molar refractivity (Wildman–Crippen MR) is 35.3 cm³/mol. The van der Waals surface area contributed by atoms with E-state index in [0.29, 0.717) is 0 Å². The Morgan fingerprint density at radius 2 is 1.73 bits per heavy atom. The minimum absolute atomic E-state index is 0.00347. The number of hydrogen-bond donors (Lipinski definition) is 1. The van der Waals surface area contributed by atoms with Crippen LogP contribution in [0.15, 0.2) is 0 Å². The van der Waals surface area contributed by atoms with Gasteiger partial charge in [0.2, 0.25) is 0 Å². The number of rotatable bonds is 1. The summed E-state index contributed by atoms with van der Waals surface area (Å²) in [5.41, 5.74) is -1.62. The third kappa shape index (κ3) is 1.12. The van der Waals surface area contributed by atoms with Crippen molar-refractivity contribution in [2.45, 2.75) is 11.7 Å². The van der Waals surface area contributed by atoms with Gasteiger partial charge in [-0.15, -0.1) is 0 Å². The largest absolute Gasteiger partial charge is 0.409 e. The molecule has 1 fully saturated rings. The zero-order valence-corrected chi connectivity index (χ0v) is 6.50. The highest BCUT2D eigenvalue weighted by Crippen LogP contribution is 2.36. The number of nitrogens with one attached hydrogen (secondary N) is 1. The van der Waals surface area contributed by atoms with Crippen LogP contribution < -0.4 is 5.32 Å². The maximum atomic E-state index is 12.3. The highest BCUT2D eigenvalue weighted by Gasteiger charge is 2.60. The molecule has 1 aliphatic rings. The quantitative estimate of drug-likeness (QED) is 0.611. The zero-order chi connectivity index (χ0) is 8.70. The van der Waals surface area contributed by atoms with Crippen LogP contribution in [0.3, 0.4) is 0 Å². The molecule has 2 nitrogen and oxygen atoms in total. The number of halogens is 3. The molecule has 1 rings (SSSR count). The van der Waals surface area contributed by atoms with Crippen LogP contribution >= 0.6 is 0 Å². The van der Waals surface area contributed by atoms with E-state index >= 15 is 0 Å². The van der Waals surface area contributed by atoms with Crippen molar-refractivity contribution in [2.75, 3.05) is 27.2 Å². The van der Waals surface area contributed by atoms with Crippen molar-refractivity contribution in [1.29, 1.82) is 0 Å². The Bertz CT molecular complexity index is 148. The first kappa shape index (κ1) is 8.80. The van der Waals surface area contributed by atoms with Crippen LogP contribution in [-0.2, 0) is 0 Å². The van der Waals surface area contributed by atoms with Crippen LogP contribution in [-0.4, -0.2) is 43.8 Å². The highest BCUT2D eigenvalue weighted by molar-refractivity contribution is 5.05. The summed E-state index contributed by atoms with van der Waals surface area (Å²) < 4.78 is 37.0. The Kier molecular flexibility index (Phi) is 1.88. The number of alkyl halides is 3. The lowest BCUT2D eigenvalue weighted by atomic mass is 9.90. The normalized spacial score (nSPS) is 23.5. The molecule has 66 valence electrons. The second-order valence-corrected chi connectivity index (χ2v) is 3.03. The monoisotopic (exact) mass is 168 g/mol. The molecule has 0 radical (unpaired) electrons. The summed E-state index contributed by atoms with van der Waals surface area (Å²) in [5.74, 6) is 0. The molecule has 1 heterocycles. The smallest absolute Gasteiger partial charge is 0.312 e. The van der Waals surface area contributed by atoms with E-state index in [4.69, 9.17) is 0 Å². The summed E-state index contributed by atoms with van der Waals surface area (Å²) >= 11 is 0. The topological polar surface area (TPSA) is 15.3 Å². The number of likely N-dealkylation sites (N-methyl/N-ethyl adjacent to an activating group) is 1. The molecule has 0 amide bonds. The molecule has 1 saturated heterocycles. The predicted octanol–water partition coefficient (Wildman–Crippen LogP) is 0.452. The third-order valence-corrected chi connectivity index (χ3v) is 2.22. The van der Waals surface area contributed by atoms with E-state index in [0.717, 1.165) is 0 Å². The summed E-state index contributed by atoms with van der Waals surface area (Å²) in [6.45, 7) is 0.00694. The van der Waals surface area contributed by atoms with Crippen molar-refractivity contribution < 1.29 is 13.2 Å². The molecule has 0 aromatic heterocycles. The molecule has 0 atom stereocenters. The van der Waals surface area contributed by atoms with Gasteiger partial charge in [0.25, 0.3) is 0 Å². The van der Waals surface area contributed by atoms with Crippen LogP contribution in [0.5, 0.6) is 0 Å². The summed E-state index contributed by atoms with van der Waals surface area (Å²) in [7, 11) is 2.91. The fourth-order valence-electron chi connectivity index (χ4n) is 1.13. The average Bonchev–Trinajstić information content (AvgIpc) is 1.52. The Hall–Kier alpha value is -0.290. The molecular formula is C6H11F3N2. The van der Waals surface area contributed by atoms with Crippen molar-refractivity contribution in [3.05, 3.63) is 0 Å². The Balaban J connectivity index is 2.76. The first-order valence-electron chi connectivity index (χ1n) is 3.35. The van der Waals surface area contributed by atoms with Crippen molar-refractivity contribution in [1.82, 2.24) is 10.2 Å². The van der Waals surface area contributed by atoms with Crippen molar-refractivity contribution in [2.24, 2.45) is 0 Å². The van der Waals surface area contributed by atoms with E-state index in [9.17, 15) is 13.2 Å². The summed E-state index contributed by atoms with van der Waals surface area (Å²) in [4.78, 5) is 1.23. The molecule has 0 aromatic rings. The molecular weight excluding hydrogens is 157 g/mol. The molecule has 1 N–H and O–H groups in total. The van der Waals surface area contributed by atoms with Crippen molar-refractivity contribution in [3.63, 3.8) is 0 Å². The first-order chi connectivity index (χ1) is 4.90. The molecule has 0 bridgehead atoms.